The van der Waals surface area contributed by atoms with Gasteiger partial charge in [-0.3, -0.25) is 9.59 Å². The number of unbranched alkanes of at least 4 members (excludes halogenated alkanes) is 5. The van der Waals surface area contributed by atoms with E-state index in [0.29, 0.717) is 19.3 Å². The van der Waals surface area contributed by atoms with E-state index in [1.807, 2.05) is 12.2 Å². The number of Topliss-reactive ketones (excluding diaryl/α,β-unsaturated/α-hetero) is 1. The molecule has 0 aromatic carbocycles. The van der Waals surface area contributed by atoms with Gasteiger partial charge in [0, 0.05) is 12.8 Å². The SMILES string of the molecule is CCCCC/C=C\C/C=C\CC(=O)C(O)CCCCCC(=O)O. The minimum atomic E-state index is -0.922. The molecule has 4 heteroatoms. The molecule has 0 spiro atoms. The van der Waals surface area contributed by atoms with Crippen LogP contribution in [0, 0.1) is 0 Å². The number of carbonyl (C=O) groups excluding carboxylic acids is 1. The zero-order valence-electron chi connectivity index (χ0n) is 14.4. The van der Waals surface area contributed by atoms with Crippen LogP contribution in [0.4, 0.5) is 0 Å². The van der Waals surface area contributed by atoms with Crippen molar-refractivity contribution in [3.63, 3.8) is 0 Å². The summed E-state index contributed by atoms with van der Waals surface area (Å²) in [5.41, 5.74) is 0. The third kappa shape index (κ3) is 15.3. The summed E-state index contributed by atoms with van der Waals surface area (Å²) in [6.07, 6.45) is 15.6. The van der Waals surface area contributed by atoms with Gasteiger partial charge in [0.2, 0.25) is 0 Å². The lowest BCUT2D eigenvalue weighted by Crippen LogP contribution is -2.19. The molecular formula is C19H32O4. The van der Waals surface area contributed by atoms with E-state index in [9.17, 15) is 14.7 Å². The van der Waals surface area contributed by atoms with Crippen LogP contribution in [0.5, 0.6) is 0 Å². The Balaban J connectivity index is 3.63. The summed E-state index contributed by atoms with van der Waals surface area (Å²) in [6, 6.07) is 0. The summed E-state index contributed by atoms with van der Waals surface area (Å²) in [7, 11) is 0. The molecule has 0 aliphatic carbocycles. The number of carboxylic acids is 1. The highest BCUT2D eigenvalue weighted by atomic mass is 16.4. The summed E-state index contributed by atoms with van der Waals surface area (Å²) < 4.78 is 0. The van der Waals surface area contributed by atoms with Gasteiger partial charge in [0.15, 0.2) is 5.78 Å². The molecule has 0 radical (unpaired) electrons. The van der Waals surface area contributed by atoms with E-state index >= 15 is 0 Å². The Bertz CT molecular complexity index is 372. The molecule has 0 bridgehead atoms. The number of aliphatic hydroxyl groups is 1. The molecule has 0 saturated heterocycles. The highest BCUT2D eigenvalue weighted by molar-refractivity contribution is 5.84. The van der Waals surface area contributed by atoms with Crippen LogP contribution in [-0.2, 0) is 9.59 Å². The third-order valence-electron chi connectivity index (χ3n) is 3.64. The van der Waals surface area contributed by atoms with Gasteiger partial charge in [0.1, 0.15) is 6.10 Å². The maximum atomic E-state index is 11.7. The Morgan fingerprint density at radius 2 is 1.70 bits per heavy atom. The molecule has 1 unspecified atom stereocenters. The second kappa shape index (κ2) is 15.5. The van der Waals surface area contributed by atoms with Gasteiger partial charge in [-0.1, -0.05) is 56.9 Å². The van der Waals surface area contributed by atoms with Gasteiger partial charge in [0.25, 0.3) is 0 Å². The predicted molar refractivity (Wildman–Crippen MR) is 93.4 cm³/mol. The van der Waals surface area contributed by atoms with Crippen molar-refractivity contribution in [2.45, 2.75) is 83.7 Å². The normalized spacial score (nSPS) is 13.0. The van der Waals surface area contributed by atoms with Gasteiger partial charge in [-0.15, -0.1) is 0 Å². The predicted octanol–water partition coefficient (Wildman–Crippen LogP) is 4.42. The van der Waals surface area contributed by atoms with Crippen molar-refractivity contribution in [3.8, 4) is 0 Å². The zero-order chi connectivity index (χ0) is 17.3. The summed E-state index contributed by atoms with van der Waals surface area (Å²) in [4.78, 5) is 22.1. The lowest BCUT2D eigenvalue weighted by atomic mass is 10.0. The van der Waals surface area contributed by atoms with E-state index in [2.05, 4.69) is 19.1 Å². The van der Waals surface area contributed by atoms with Crippen molar-refractivity contribution in [2.75, 3.05) is 0 Å². The Morgan fingerprint density at radius 1 is 0.957 bits per heavy atom. The Labute approximate surface area is 140 Å². The molecule has 0 fully saturated rings. The second-order valence-electron chi connectivity index (χ2n) is 5.85. The molecule has 132 valence electrons. The average Bonchev–Trinajstić information content (AvgIpc) is 2.52. The van der Waals surface area contributed by atoms with E-state index in [0.717, 1.165) is 19.3 Å². The van der Waals surface area contributed by atoms with E-state index in [4.69, 9.17) is 5.11 Å². The second-order valence-corrected chi connectivity index (χ2v) is 5.85. The van der Waals surface area contributed by atoms with Crippen LogP contribution in [0.2, 0.25) is 0 Å². The van der Waals surface area contributed by atoms with Crippen LogP contribution in [0.3, 0.4) is 0 Å². The fourth-order valence-corrected chi connectivity index (χ4v) is 2.19. The average molecular weight is 324 g/mol. The zero-order valence-corrected chi connectivity index (χ0v) is 14.4. The number of hydrogen-bond acceptors (Lipinski definition) is 3. The Morgan fingerprint density at radius 3 is 2.39 bits per heavy atom. The molecule has 0 aromatic rings. The van der Waals surface area contributed by atoms with Gasteiger partial charge in [-0.2, -0.15) is 0 Å². The number of hydrogen-bond donors (Lipinski definition) is 2. The number of allylic oxidation sites excluding steroid dienone is 4. The number of aliphatic hydroxyl groups excluding tert-OH is 1. The standard InChI is InChI=1S/C19H32O4/c1-2-3-4-5-6-7-8-9-11-14-17(20)18(21)15-12-10-13-16-19(22)23/h6-7,9,11,18,21H,2-5,8,10,12-16H2,1H3,(H,22,23)/b7-6-,11-9-. The van der Waals surface area contributed by atoms with E-state index in [1.165, 1.54) is 19.3 Å². The van der Waals surface area contributed by atoms with Gasteiger partial charge in [-0.25, -0.2) is 0 Å². The first kappa shape index (κ1) is 21.6. The monoisotopic (exact) mass is 324 g/mol. The lowest BCUT2D eigenvalue weighted by Gasteiger charge is -2.07. The fraction of sp³-hybridized carbons (Fsp3) is 0.684. The van der Waals surface area contributed by atoms with Crippen molar-refractivity contribution in [2.24, 2.45) is 0 Å². The maximum Gasteiger partial charge on any atom is 0.303 e. The number of ketones is 1. The van der Waals surface area contributed by atoms with Gasteiger partial charge in [0.05, 0.1) is 0 Å². The van der Waals surface area contributed by atoms with Crippen LogP contribution in [0.1, 0.15) is 77.6 Å². The molecule has 2 N–H and O–H groups in total. The molecule has 0 saturated carbocycles. The van der Waals surface area contributed by atoms with E-state index in [1.54, 1.807) is 0 Å². The largest absolute Gasteiger partial charge is 0.481 e. The maximum absolute atomic E-state index is 11.7. The number of carbonyl (C=O) groups is 2. The molecular weight excluding hydrogens is 292 g/mol. The fourth-order valence-electron chi connectivity index (χ4n) is 2.19. The number of rotatable bonds is 15. The highest BCUT2D eigenvalue weighted by Gasteiger charge is 2.12. The summed E-state index contributed by atoms with van der Waals surface area (Å²) in [6.45, 7) is 2.19. The smallest absolute Gasteiger partial charge is 0.303 e. The minimum Gasteiger partial charge on any atom is -0.481 e. The lowest BCUT2D eigenvalue weighted by molar-refractivity contribution is -0.137. The molecule has 1 atom stereocenters. The van der Waals surface area contributed by atoms with Crippen LogP contribution in [-0.4, -0.2) is 28.1 Å². The van der Waals surface area contributed by atoms with Gasteiger partial charge in [-0.05, 0) is 32.1 Å². The van der Waals surface area contributed by atoms with Crippen LogP contribution in [0.25, 0.3) is 0 Å². The third-order valence-corrected chi connectivity index (χ3v) is 3.64. The van der Waals surface area contributed by atoms with E-state index in [-0.39, 0.29) is 18.6 Å². The number of carboxylic acid groups (broad SMARTS) is 1. The van der Waals surface area contributed by atoms with Crippen LogP contribution >= 0.6 is 0 Å². The molecule has 0 amide bonds. The molecule has 0 heterocycles. The van der Waals surface area contributed by atoms with Crippen molar-refractivity contribution in [1.29, 1.82) is 0 Å². The summed E-state index contributed by atoms with van der Waals surface area (Å²) in [5, 5.41) is 18.2. The summed E-state index contributed by atoms with van der Waals surface area (Å²) in [5.74, 6) is -0.961. The molecule has 0 aliphatic rings. The first-order valence-corrected chi connectivity index (χ1v) is 8.80. The van der Waals surface area contributed by atoms with Gasteiger partial charge >= 0.3 is 5.97 Å². The molecule has 0 aliphatic heterocycles. The van der Waals surface area contributed by atoms with Crippen molar-refractivity contribution >= 4 is 11.8 Å². The van der Waals surface area contributed by atoms with Crippen molar-refractivity contribution in [1.82, 2.24) is 0 Å². The van der Waals surface area contributed by atoms with Crippen molar-refractivity contribution in [3.05, 3.63) is 24.3 Å². The topological polar surface area (TPSA) is 74.6 Å². The van der Waals surface area contributed by atoms with Crippen LogP contribution in [0.15, 0.2) is 24.3 Å². The quantitative estimate of drug-likeness (QED) is 0.345. The minimum absolute atomic E-state index is 0.152. The first-order chi connectivity index (χ1) is 11.1. The Kier molecular flexibility index (Phi) is 14.5. The molecule has 0 rings (SSSR count). The molecule has 23 heavy (non-hydrogen) atoms. The van der Waals surface area contributed by atoms with Gasteiger partial charge < -0.3 is 10.2 Å². The van der Waals surface area contributed by atoms with Crippen molar-refractivity contribution < 1.29 is 19.8 Å². The highest BCUT2D eigenvalue weighted by Crippen LogP contribution is 2.08. The van der Waals surface area contributed by atoms with Crippen LogP contribution < -0.4 is 0 Å². The molecule has 4 nitrogen and oxygen atoms in total. The first-order valence-electron chi connectivity index (χ1n) is 8.80. The number of aliphatic carboxylic acids is 1. The Hall–Kier alpha value is -1.42. The van der Waals surface area contributed by atoms with E-state index < -0.39 is 12.1 Å². The summed E-state index contributed by atoms with van der Waals surface area (Å²) >= 11 is 0. The molecule has 0 aromatic heterocycles.